The Labute approximate surface area is 165 Å². The number of halogens is 1. The highest BCUT2D eigenvalue weighted by atomic mass is 79.9. The maximum Gasteiger partial charge on any atom is 0.306 e. The molecule has 0 N–H and O–H groups in total. The van der Waals surface area contributed by atoms with E-state index in [1.54, 1.807) is 0 Å². The van der Waals surface area contributed by atoms with Crippen molar-refractivity contribution >= 4 is 27.7 Å². The van der Waals surface area contributed by atoms with E-state index >= 15 is 0 Å². The molecule has 0 radical (unpaired) electrons. The van der Waals surface area contributed by atoms with Crippen molar-refractivity contribution in [3.63, 3.8) is 0 Å². The monoisotopic (exact) mass is 422 g/mol. The molecule has 0 saturated heterocycles. The fourth-order valence-corrected chi connectivity index (χ4v) is 7.32. The van der Waals surface area contributed by atoms with Gasteiger partial charge in [-0.1, -0.05) is 35.4 Å². The van der Waals surface area contributed by atoms with Gasteiger partial charge in [0.05, 0.1) is 6.42 Å². The standard InChI is InChI=1S/C22H31BrO3/c1-21-10-7-15(24)13-14(21)3-4-16-17-5-6-19(26-20(25)9-12-23)22(17,2)11-8-18(16)21/h13,16-19H,3-12H2,1-2H3/t16-,17-,18-,19-,21-,22-/m0/s1. The molecule has 4 rings (SSSR count). The summed E-state index contributed by atoms with van der Waals surface area (Å²) in [7, 11) is 0. The molecule has 4 heteroatoms. The first-order valence-electron chi connectivity index (χ1n) is 10.4. The van der Waals surface area contributed by atoms with Gasteiger partial charge in [-0.05, 0) is 74.2 Å². The molecule has 0 aromatic heterocycles. The largest absolute Gasteiger partial charge is 0.462 e. The number of hydrogen-bond acceptors (Lipinski definition) is 3. The minimum absolute atomic E-state index is 0.0532. The minimum Gasteiger partial charge on any atom is -0.462 e. The quantitative estimate of drug-likeness (QED) is 0.462. The third-order valence-electron chi connectivity index (χ3n) is 8.45. The first-order valence-corrected chi connectivity index (χ1v) is 11.5. The van der Waals surface area contributed by atoms with Gasteiger partial charge in [0.1, 0.15) is 6.10 Å². The van der Waals surface area contributed by atoms with Gasteiger partial charge in [0.15, 0.2) is 5.78 Å². The van der Waals surface area contributed by atoms with Crippen LogP contribution in [0.4, 0.5) is 0 Å². The van der Waals surface area contributed by atoms with Crippen LogP contribution >= 0.6 is 15.9 Å². The number of allylic oxidation sites excluding steroid dienone is 1. The van der Waals surface area contributed by atoms with E-state index in [2.05, 4.69) is 29.8 Å². The van der Waals surface area contributed by atoms with Crippen LogP contribution in [0.25, 0.3) is 0 Å². The second-order valence-electron chi connectivity index (χ2n) is 9.51. The summed E-state index contributed by atoms with van der Waals surface area (Å²) in [6.45, 7) is 4.80. The van der Waals surface area contributed by atoms with Gasteiger partial charge in [0.25, 0.3) is 0 Å². The third kappa shape index (κ3) is 2.82. The van der Waals surface area contributed by atoms with E-state index in [-0.39, 0.29) is 22.9 Å². The zero-order valence-electron chi connectivity index (χ0n) is 16.1. The number of esters is 1. The molecule has 144 valence electrons. The highest BCUT2D eigenvalue weighted by Crippen LogP contribution is 2.65. The van der Waals surface area contributed by atoms with Gasteiger partial charge in [-0.2, -0.15) is 0 Å². The summed E-state index contributed by atoms with van der Waals surface area (Å²) in [5.74, 6) is 2.37. The Kier molecular flexibility index (Phi) is 4.86. The number of carbonyl (C=O) groups is 2. The fraction of sp³-hybridized carbons (Fsp3) is 0.818. The zero-order valence-corrected chi connectivity index (χ0v) is 17.6. The lowest BCUT2D eigenvalue weighted by Crippen LogP contribution is -2.51. The molecule has 0 spiro atoms. The Balaban J connectivity index is 1.55. The predicted molar refractivity (Wildman–Crippen MR) is 105 cm³/mol. The molecule has 3 nitrogen and oxygen atoms in total. The lowest BCUT2D eigenvalue weighted by atomic mass is 9.47. The number of ether oxygens (including phenoxy) is 1. The zero-order chi connectivity index (χ0) is 18.5. The van der Waals surface area contributed by atoms with E-state index in [4.69, 9.17) is 4.74 Å². The van der Waals surface area contributed by atoms with Crippen molar-refractivity contribution in [3.8, 4) is 0 Å². The summed E-state index contributed by atoms with van der Waals surface area (Å²) < 4.78 is 5.92. The van der Waals surface area contributed by atoms with Crippen LogP contribution in [0.15, 0.2) is 11.6 Å². The molecule has 6 atom stereocenters. The average molecular weight is 423 g/mol. The highest BCUT2D eigenvalue weighted by molar-refractivity contribution is 9.09. The maximum absolute atomic E-state index is 12.1. The van der Waals surface area contributed by atoms with E-state index < -0.39 is 0 Å². The van der Waals surface area contributed by atoms with E-state index in [9.17, 15) is 9.59 Å². The fourth-order valence-electron chi connectivity index (χ4n) is 7.00. The smallest absolute Gasteiger partial charge is 0.306 e. The average Bonchev–Trinajstić information content (AvgIpc) is 2.92. The number of hydrogen-bond donors (Lipinski definition) is 0. The molecular formula is C22H31BrO3. The summed E-state index contributed by atoms with van der Waals surface area (Å²) in [5, 5.41) is 0.676. The molecule has 3 saturated carbocycles. The summed E-state index contributed by atoms with van der Waals surface area (Å²) >= 11 is 3.34. The maximum atomic E-state index is 12.1. The Morgan fingerprint density at radius 3 is 2.73 bits per heavy atom. The second-order valence-corrected chi connectivity index (χ2v) is 10.3. The number of alkyl halides is 1. The van der Waals surface area contributed by atoms with Gasteiger partial charge >= 0.3 is 5.97 Å². The van der Waals surface area contributed by atoms with Crippen molar-refractivity contribution in [2.75, 3.05) is 5.33 Å². The van der Waals surface area contributed by atoms with Crippen LogP contribution in [-0.4, -0.2) is 23.2 Å². The van der Waals surface area contributed by atoms with Crippen LogP contribution in [0.1, 0.15) is 71.6 Å². The van der Waals surface area contributed by atoms with Crippen molar-refractivity contribution in [2.45, 2.75) is 77.7 Å². The van der Waals surface area contributed by atoms with Gasteiger partial charge in [0, 0.05) is 17.2 Å². The summed E-state index contributed by atoms with van der Waals surface area (Å²) in [4.78, 5) is 24.0. The number of carbonyl (C=O) groups excluding carboxylic acids is 2. The van der Waals surface area contributed by atoms with Crippen LogP contribution in [0.2, 0.25) is 0 Å². The Hall–Kier alpha value is -0.640. The number of fused-ring (bicyclic) bond motifs is 5. The van der Waals surface area contributed by atoms with Crippen molar-refractivity contribution in [1.82, 2.24) is 0 Å². The Morgan fingerprint density at radius 1 is 1.15 bits per heavy atom. The van der Waals surface area contributed by atoms with Gasteiger partial charge in [-0.3, -0.25) is 9.59 Å². The summed E-state index contributed by atoms with van der Waals surface area (Å²) in [6, 6.07) is 0. The van der Waals surface area contributed by atoms with Crippen molar-refractivity contribution in [1.29, 1.82) is 0 Å². The lowest BCUT2D eigenvalue weighted by Gasteiger charge is -2.57. The van der Waals surface area contributed by atoms with Gasteiger partial charge in [-0.25, -0.2) is 0 Å². The van der Waals surface area contributed by atoms with Gasteiger partial charge in [0.2, 0.25) is 0 Å². The predicted octanol–water partition coefficient (Wildman–Crippen LogP) is 5.22. The lowest BCUT2D eigenvalue weighted by molar-refractivity contribution is -0.159. The molecule has 0 heterocycles. The first-order chi connectivity index (χ1) is 12.4. The van der Waals surface area contributed by atoms with Crippen LogP contribution in [0, 0.1) is 28.6 Å². The summed E-state index contributed by atoms with van der Waals surface area (Å²) in [6.07, 6.45) is 11.2. The first kappa shape index (κ1) is 18.7. The van der Waals surface area contributed by atoms with Gasteiger partial charge in [-0.15, -0.1) is 0 Å². The Bertz CT molecular complexity index is 641. The third-order valence-corrected chi connectivity index (χ3v) is 8.84. The van der Waals surface area contributed by atoms with E-state index in [1.807, 2.05) is 6.08 Å². The molecule has 0 aromatic rings. The molecule has 4 aliphatic rings. The molecule has 0 bridgehead atoms. The molecule has 0 amide bonds. The van der Waals surface area contributed by atoms with Crippen molar-refractivity contribution < 1.29 is 14.3 Å². The van der Waals surface area contributed by atoms with Crippen LogP contribution in [-0.2, 0) is 14.3 Å². The van der Waals surface area contributed by atoms with E-state index in [0.717, 1.165) is 38.0 Å². The molecule has 0 aromatic carbocycles. The van der Waals surface area contributed by atoms with Crippen molar-refractivity contribution in [2.24, 2.45) is 28.6 Å². The molecule has 26 heavy (non-hydrogen) atoms. The van der Waals surface area contributed by atoms with Crippen LogP contribution < -0.4 is 0 Å². The molecule has 3 fully saturated rings. The Morgan fingerprint density at radius 2 is 1.96 bits per heavy atom. The second kappa shape index (κ2) is 6.76. The van der Waals surface area contributed by atoms with Crippen LogP contribution in [0.3, 0.4) is 0 Å². The highest BCUT2D eigenvalue weighted by Gasteiger charge is 2.59. The number of rotatable bonds is 3. The molecule has 4 aliphatic carbocycles. The normalized spacial score (nSPS) is 44.6. The van der Waals surface area contributed by atoms with E-state index in [1.165, 1.54) is 24.8 Å². The molecular weight excluding hydrogens is 392 g/mol. The van der Waals surface area contributed by atoms with Crippen LogP contribution in [0.5, 0.6) is 0 Å². The van der Waals surface area contributed by atoms with E-state index in [0.29, 0.717) is 29.4 Å². The summed E-state index contributed by atoms with van der Waals surface area (Å²) in [5.41, 5.74) is 1.80. The van der Waals surface area contributed by atoms with Crippen molar-refractivity contribution in [3.05, 3.63) is 11.6 Å². The topological polar surface area (TPSA) is 43.4 Å². The molecule has 0 unspecified atom stereocenters. The minimum atomic E-state index is -0.0532. The number of ketones is 1. The SMILES string of the molecule is C[C@]12CC[C@H]3[C@@H](CCC4=CC(=O)CC[C@@]43C)[C@@H]1CC[C@@H]2OC(=O)CCBr. The van der Waals surface area contributed by atoms with Gasteiger partial charge < -0.3 is 4.74 Å². The molecule has 0 aliphatic heterocycles.